The lowest BCUT2D eigenvalue weighted by molar-refractivity contribution is 0.0601. The van der Waals surface area contributed by atoms with Crippen LogP contribution in [0, 0.1) is 0 Å². The van der Waals surface area contributed by atoms with Gasteiger partial charge in [-0.3, -0.25) is 0 Å². The molecule has 0 aliphatic rings. The minimum atomic E-state index is -3.34. The molecule has 0 spiro atoms. The molecule has 0 saturated carbocycles. The molecule has 0 saturated heterocycles. The van der Waals surface area contributed by atoms with Gasteiger partial charge in [-0.2, -0.15) is 0 Å². The molecule has 0 fully saturated rings. The van der Waals surface area contributed by atoms with Crippen molar-refractivity contribution >= 4 is 21.5 Å². The van der Waals surface area contributed by atoms with Crippen LogP contribution in [0.25, 0.3) is 0 Å². The van der Waals surface area contributed by atoms with Gasteiger partial charge in [0.05, 0.1) is 17.6 Å². The highest BCUT2D eigenvalue weighted by atomic mass is 32.2. The van der Waals surface area contributed by atoms with E-state index in [0.29, 0.717) is 12.2 Å². The minimum Gasteiger partial charge on any atom is -0.465 e. The molecule has 0 atom stereocenters. The maximum Gasteiger partial charge on any atom is 0.340 e. The van der Waals surface area contributed by atoms with Crippen LogP contribution in [0.3, 0.4) is 0 Å². The molecule has 0 bridgehead atoms. The number of carbonyl (C=O) groups is 1. The third kappa shape index (κ3) is 3.46. The predicted molar refractivity (Wildman–Crippen MR) is 69.7 cm³/mol. The quantitative estimate of drug-likeness (QED) is 0.825. The summed E-state index contributed by atoms with van der Waals surface area (Å²) in [6.45, 7) is 2.69. The van der Waals surface area contributed by atoms with Crippen LogP contribution in [-0.2, 0) is 14.6 Å². The minimum absolute atomic E-state index is 0.102. The maximum atomic E-state index is 11.6. The van der Waals surface area contributed by atoms with Crippen LogP contribution in [-0.4, -0.2) is 34.3 Å². The number of esters is 1. The van der Waals surface area contributed by atoms with Gasteiger partial charge in [0.1, 0.15) is 0 Å². The molecule has 18 heavy (non-hydrogen) atoms. The van der Waals surface area contributed by atoms with E-state index in [0.717, 1.165) is 12.7 Å². The van der Waals surface area contributed by atoms with Crippen LogP contribution >= 0.6 is 0 Å². The Balaban J connectivity index is 3.25. The van der Waals surface area contributed by atoms with Gasteiger partial charge >= 0.3 is 5.97 Å². The average molecular weight is 271 g/mol. The molecule has 1 aromatic rings. The van der Waals surface area contributed by atoms with Crippen LogP contribution in [0.1, 0.15) is 23.7 Å². The predicted octanol–water partition coefficient (Wildman–Crippen LogP) is 1.70. The fraction of sp³-hybridized carbons (Fsp3) is 0.417. The highest BCUT2D eigenvalue weighted by Gasteiger charge is 2.16. The van der Waals surface area contributed by atoms with Gasteiger partial charge in [0.15, 0.2) is 9.84 Å². The highest BCUT2D eigenvalue weighted by Crippen LogP contribution is 2.21. The van der Waals surface area contributed by atoms with E-state index in [1.807, 2.05) is 6.92 Å². The first kappa shape index (κ1) is 14.5. The topological polar surface area (TPSA) is 72.5 Å². The molecule has 0 amide bonds. The fourth-order valence-corrected chi connectivity index (χ4v) is 2.09. The number of hydrogen-bond acceptors (Lipinski definition) is 5. The molecule has 0 aliphatic heterocycles. The number of nitrogens with one attached hydrogen (secondary N) is 1. The van der Waals surface area contributed by atoms with Crippen molar-refractivity contribution in [1.82, 2.24) is 0 Å². The second-order valence-electron chi connectivity index (χ2n) is 3.90. The first-order chi connectivity index (χ1) is 8.40. The molecule has 0 radical (unpaired) electrons. The lowest BCUT2D eigenvalue weighted by Gasteiger charge is -2.11. The van der Waals surface area contributed by atoms with E-state index in [1.165, 1.54) is 19.2 Å². The Morgan fingerprint density at radius 1 is 1.39 bits per heavy atom. The third-order valence-corrected chi connectivity index (χ3v) is 3.50. The van der Waals surface area contributed by atoms with E-state index in [1.54, 1.807) is 6.07 Å². The van der Waals surface area contributed by atoms with Crippen molar-refractivity contribution in [1.29, 1.82) is 0 Å². The molecule has 0 heterocycles. The molecule has 0 unspecified atom stereocenters. The second-order valence-corrected chi connectivity index (χ2v) is 5.91. The van der Waals surface area contributed by atoms with Crippen LogP contribution in [0.5, 0.6) is 0 Å². The molecular formula is C12H17NO4S. The summed E-state index contributed by atoms with van der Waals surface area (Å²) in [7, 11) is -2.08. The number of benzene rings is 1. The Morgan fingerprint density at radius 3 is 2.56 bits per heavy atom. The maximum absolute atomic E-state index is 11.6. The number of ether oxygens (including phenoxy) is 1. The van der Waals surface area contributed by atoms with Crippen molar-refractivity contribution in [2.45, 2.75) is 18.2 Å². The van der Waals surface area contributed by atoms with Crippen molar-refractivity contribution in [3.63, 3.8) is 0 Å². The molecule has 6 heteroatoms. The molecular weight excluding hydrogens is 254 g/mol. The van der Waals surface area contributed by atoms with Gasteiger partial charge in [0, 0.05) is 18.5 Å². The Hall–Kier alpha value is -1.56. The average Bonchev–Trinajstić information content (AvgIpc) is 2.34. The number of rotatable bonds is 5. The van der Waals surface area contributed by atoms with Gasteiger partial charge in [0.2, 0.25) is 0 Å². The lowest BCUT2D eigenvalue weighted by Crippen LogP contribution is -2.10. The summed E-state index contributed by atoms with van der Waals surface area (Å²) in [6, 6.07) is 4.39. The zero-order chi connectivity index (χ0) is 13.8. The van der Waals surface area contributed by atoms with Gasteiger partial charge < -0.3 is 10.1 Å². The zero-order valence-corrected chi connectivity index (χ0v) is 11.5. The third-order valence-electron chi connectivity index (χ3n) is 2.39. The number of hydrogen-bond donors (Lipinski definition) is 1. The van der Waals surface area contributed by atoms with E-state index >= 15 is 0 Å². The molecule has 1 N–H and O–H groups in total. The standard InChI is InChI=1S/C12H17NO4S/c1-4-7-13-11-6-5-9(18(3,15)16)8-10(11)12(14)17-2/h5-6,8,13H,4,7H2,1-3H3. The van der Waals surface area contributed by atoms with Gasteiger partial charge in [-0.25, -0.2) is 13.2 Å². The summed E-state index contributed by atoms with van der Waals surface area (Å²) in [5.74, 6) is -0.556. The molecule has 100 valence electrons. The molecule has 5 nitrogen and oxygen atoms in total. The zero-order valence-electron chi connectivity index (χ0n) is 10.7. The molecule has 0 aromatic heterocycles. The van der Waals surface area contributed by atoms with Crippen molar-refractivity contribution in [3.05, 3.63) is 23.8 Å². The lowest BCUT2D eigenvalue weighted by atomic mass is 10.1. The number of carbonyl (C=O) groups excluding carboxylic acids is 1. The first-order valence-electron chi connectivity index (χ1n) is 5.56. The van der Waals surface area contributed by atoms with Crippen LogP contribution < -0.4 is 5.32 Å². The van der Waals surface area contributed by atoms with Gasteiger partial charge in [-0.1, -0.05) is 6.92 Å². The molecule has 0 aliphatic carbocycles. The Morgan fingerprint density at radius 2 is 2.06 bits per heavy atom. The van der Waals surface area contributed by atoms with E-state index in [9.17, 15) is 13.2 Å². The van der Waals surface area contributed by atoms with Crippen molar-refractivity contribution in [2.24, 2.45) is 0 Å². The Labute approximate surface area is 107 Å². The van der Waals surface area contributed by atoms with Gasteiger partial charge in [-0.15, -0.1) is 0 Å². The number of anilines is 1. The first-order valence-corrected chi connectivity index (χ1v) is 7.45. The SMILES string of the molecule is CCCNc1ccc(S(C)(=O)=O)cc1C(=O)OC. The summed E-state index contributed by atoms with van der Waals surface area (Å²) in [4.78, 5) is 11.7. The Bertz CT molecular complexity index is 537. The number of sulfone groups is 1. The largest absolute Gasteiger partial charge is 0.465 e. The molecule has 1 aromatic carbocycles. The van der Waals surface area contributed by atoms with E-state index < -0.39 is 15.8 Å². The Kier molecular flexibility index (Phi) is 4.72. The van der Waals surface area contributed by atoms with E-state index in [2.05, 4.69) is 10.1 Å². The van der Waals surface area contributed by atoms with Crippen molar-refractivity contribution in [3.8, 4) is 0 Å². The van der Waals surface area contributed by atoms with Crippen LogP contribution in [0.15, 0.2) is 23.1 Å². The molecule has 1 rings (SSSR count). The smallest absolute Gasteiger partial charge is 0.340 e. The van der Waals surface area contributed by atoms with E-state index in [4.69, 9.17) is 0 Å². The van der Waals surface area contributed by atoms with Crippen molar-refractivity contribution < 1.29 is 17.9 Å². The summed E-state index contributed by atoms with van der Waals surface area (Å²) in [5, 5.41) is 3.06. The summed E-state index contributed by atoms with van der Waals surface area (Å²) >= 11 is 0. The highest BCUT2D eigenvalue weighted by molar-refractivity contribution is 7.90. The summed E-state index contributed by atoms with van der Waals surface area (Å²) in [6.07, 6.45) is 2.00. The van der Waals surface area contributed by atoms with Gasteiger partial charge in [0.25, 0.3) is 0 Å². The fourth-order valence-electron chi connectivity index (χ4n) is 1.45. The normalized spacial score (nSPS) is 11.1. The van der Waals surface area contributed by atoms with Crippen LogP contribution in [0.2, 0.25) is 0 Å². The summed E-state index contributed by atoms with van der Waals surface area (Å²) in [5.41, 5.74) is 0.810. The van der Waals surface area contributed by atoms with Crippen molar-refractivity contribution in [2.75, 3.05) is 25.2 Å². The van der Waals surface area contributed by atoms with Gasteiger partial charge in [-0.05, 0) is 24.6 Å². The van der Waals surface area contributed by atoms with Crippen LogP contribution in [0.4, 0.5) is 5.69 Å². The van der Waals surface area contributed by atoms with E-state index in [-0.39, 0.29) is 10.5 Å². The monoisotopic (exact) mass is 271 g/mol. The summed E-state index contributed by atoms with van der Waals surface area (Å²) < 4.78 is 27.5. The second kappa shape index (κ2) is 5.86. The number of methoxy groups -OCH3 is 1.